The van der Waals surface area contributed by atoms with E-state index >= 15 is 0 Å². The van der Waals surface area contributed by atoms with Crippen LogP contribution in [0.5, 0.6) is 0 Å². The SMILES string of the molecule is CCc1ccc(CN2C(=O)c3cc(-c4cccs4)nn3C[C@]2(C)C(=O)NCc2ccccc2)cc1. The fraction of sp³-hybridized carbons (Fsp3) is 0.250. The minimum atomic E-state index is -1.10. The number of amides is 2. The number of carbonyl (C=O) groups is 2. The van der Waals surface area contributed by atoms with E-state index in [1.165, 1.54) is 5.56 Å². The molecule has 35 heavy (non-hydrogen) atoms. The molecule has 0 bridgehead atoms. The Bertz CT molecular complexity index is 1330. The Labute approximate surface area is 209 Å². The summed E-state index contributed by atoms with van der Waals surface area (Å²) in [6.07, 6.45) is 0.952. The van der Waals surface area contributed by atoms with Gasteiger partial charge in [-0.3, -0.25) is 14.3 Å². The summed E-state index contributed by atoms with van der Waals surface area (Å²) in [6.45, 7) is 4.98. The Hall–Kier alpha value is -3.71. The van der Waals surface area contributed by atoms with Crippen molar-refractivity contribution in [1.29, 1.82) is 0 Å². The van der Waals surface area contributed by atoms with Gasteiger partial charge in [0.05, 0.1) is 11.4 Å². The summed E-state index contributed by atoms with van der Waals surface area (Å²) in [4.78, 5) is 30.1. The van der Waals surface area contributed by atoms with Crippen LogP contribution in [0.25, 0.3) is 10.6 Å². The second kappa shape index (κ2) is 9.50. The first-order chi connectivity index (χ1) is 17.0. The smallest absolute Gasteiger partial charge is 0.273 e. The fourth-order valence-electron chi connectivity index (χ4n) is 4.47. The summed E-state index contributed by atoms with van der Waals surface area (Å²) in [7, 11) is 0. The van der Waals surface area contributed by atoms with Crippen molar-refractivity contribution in [3.63, 3.8) is 0 Å². The predicted molar refractivity (Wildman–Crippen MR) is 138 cm³/mol. The van der Waals surface area contributed by atoms with E-state index in [4.69, 9.17) is 5.10 Å². The topological polar surface area (TPSA) is 67.2 Å². The molecule has 0 unspecified atom stereocenters. The van der Waals surface area contributed by atoms with Gasteiger partial charge in [-0.25, -0.2) is 0 Å². The van der Waals surface area contributed by atoms with Crippen molar-refractivity contribution in [3.05, 3.63) is 101 Å². The number of hydrogen-bond acceptors (Lipinski definition) is 4. The highest BCUT2D eigenvalue weighted by Gasteiger charge is 2.48. The van der Waals surface area contributed by atoms with E-state index in [9.17, 15) is 9.59 Å². The molecule has 178 valence electrons. The molecule has 1 N–H and O–H groups in total. The lowest BCUT2D eigenvalue weighted by Gasteiger charge is -2.43. The molecule has 1 atom stereocenters. The number of carbonyl (C=O) groups excluding carboxylic acids is 2. The zero-order chi connectivity index (χ0) is 24.4. The Morgan fingerprint density at radius 2 is 1.77 bits per heavy atom. The molecule has 2 aromatic heterocycles. The van der Waals surface area contributed by atoms with Gasteiger partial charge in [-0.05, 0) is 47.5 Å². The van der Waals surface area contributed by atoms with Gasteiger partial charge in [-0.1, -0.05) is 67.6 Å². The van der Waals surface area contributed by atoms with Crippen LogP contribution in [0.3, 0.4) is 0 Å². The van der Waals surface area contributed by atoms with E-state index < -0.39 is 5.54 Å². The molecule has 4 aromatic rings. The molecule has 3 heterocycles. The van der Waals surface area contributed by atoms with Gasteiger partial charge in [0.25, 0.3) is 5.91 Å². The number of aromatic nitrogens is 2. The van der Waals surface area contributed by atoms with Gasteiger partial charge in [-0.2, -0.15) is 5.10 Å². The third kappa shape index (κ3) is 4.51. The molecule has 5 rings (SSSR count). The van der Waals surface area contributed by atoms with Crippen LogP contribution in [-0.4, -0.2) is 32.0 Å². The second-order valence-electron chi connectivity index (χ2n) is 9.05. The summed E-state index contributed by atoms with van der Waals surface area (Å²) in [5.74, 6) is -0.387. The minimum Gasteiger partial charge on any atom is -0.350 e. The molecule has 0 fully saturated rings. The van der Waals surface area contributed by atoms with Gasteiger partial charge < -0.3 is 10.2 Å². The maximum Gasteiger partial charge on any atom is 0.273 e. The number of nitrogens with one attached hydrogen (secondary N) is 1. The molecule has 1 aliphatic heterocycles. The molecule has 2 aromatic carbocycles. The van der Waals surface area contributed by atoms with Gasteiger partial charge in [0.1, 0.15) is 16.9 Å². The van der Waals surface area contributed by atoms with Gasteiger partial charge in [0.2, 0.25) is 5.91 Å². The van der Waals surface area contributed by atoms with E-state index in [2.05, 4.69) is 24.4 Å². The van der Waals surface area contributed by atoms with Crippen molar-refractivity contribution >= 4 is 23.2 Å². The lowest BCUT2D eigenvalue weighted by atomic mass is 9.93. The Morgan fingerprint density at radius 3 is 2.46 bits per heavy atom. The van der Waals surface area contributed by atoms with Gasteiger partial charge in [0.15, 0.2) is 0 Å². The third-order valence-corrected chi connectivity index (χ3v) is 7.52. The standard InChI is InChI=1S/C28H28N4O2S/c1-3-20-11-13-22(14-12-20)18-31-26(33)24-16-23(25-10-7-15-35-25)30-32(24)19-28(31,2)27(34)29-17-21-8-5-4-6-9-21/h4-16H,3,17-19H2,1-2H3,(H,29,34)/t28-/m1/s1. The molecule has 0 spiro atoms. The molecule has 7 heteroatoms. The highest BCUT2D eigenvalue weighted by atomic mass is 32.1. The van der Waals surface area contributed by atoms with Crippen molar-refractivity contribution in [2.24, 2.45) is 0 Å². The summed E-state index contributed by atoms with van der Waals surface area (Å²) < 4.78 is 1.69. The quantitative estimate of drug-likeness (QED) is 0.406. The summed E-state index contributed by atoms with van der Waals surface area (Å²) in [5, 5.41) is 9.75. The first-order valence-electron chi connectivity index (χ1n) is 11.8. The molecule has 6 nitrogen and oxygen atoms in total. The Morgan fingerprint density at radius 1 is 1.03 bits per heavy atom. The van der Waals surface area contributed by atoms with Crippen molar-refractivity contribution in [3.8, 4) is 10.6 Å². The Kier molecular flexibility index (Phi) is 6.26. The maximum atomic E-state index is 13.8. The lowest BCUT2D eigenvalue weighted by Crippen LogP contribution is -2.63. The molecular formula is C28H28N4O2S. The first-order valence-corrected chi connectivity index (χ1v) is 12.7. The van der Waals surface area contributed by atoms with Crippen LogP contribution in [0, 0.1) is 0 Å². The van der Waals surface area contributed by atoms with Crippen molar-refractivity contribution in [1.82, 2.24) is 20.0 Å². The highest BCUT2D eigenvalue weighted by Crippen LogP contribution is 2.32. The van der Waals surface area contributed by atoms with Crippen LogP contribution in [0.15, 0.2) is 78.2 Å². The van der Waals surface area contributed by atoms with Crippen LogP contribution in [-0.2, 0) is 30.8 Å². The molecule has 0 saturated carbocycles. The predicted octanol–water partition coefficient (Wildman–Crippen LogP) is 4.91. The monoisotopic (exact) mass is 484 g/mol. The van der Waals surface area contributed by atoms with Gasteiger partial charge in [0, 0.05) is 13.1 Å². The zero-order valence-electron chi connectivity index (χ0n) is 19.9. The van der Waals surface area contributed by atoms with E-state index in [0.717, 1.165) is 28.1 Å². The van der Waals surface area contributed by atoms with E-state index in [-0.39, 0.29) is 18.4 Å². The molecule has 0 radical (unpaired) electrons. The van der Waals surface area contributed by atoms with Gasteiger partial charge >= 0.3 is 0 Å². The van der Waals surface area contributed by atoms with Crippen molar-refractivity contribution < 1.29 is 9.59 Å². The molecule has 1 aliphatic rings. The number of nitrogens with zero attached hydrogens (tertiary/aromatic N) is 3. The summed E-state index contributed by atoms with van der Waals surface area (Å²) >= 11 is 1.58. The fourth-order valence-corrected chi connectivity index (χ4v) is 5.15. The third-order valence-electron chi connectivity index (χ3n) is 6.63. The van der Waals surface area contributed by atoms with Crippen molar-refractivity contribution in [2.45, 2.75) is 45.4 Å². The van der Waals surface area contributed by atoms with Gasteiger partial charge in [-0.15, -0.1) is 11.3 Å². The van der Waals surface area contributed by atoms with Crippen LogP contribution in [0.4, 0.5) is 0 Å². The summed E-state index contributed by atoms with van der Waals surface area (Å²) in [5.41, 5.74) is 3.40. The number of fused-ring (bicyclic) bond motifs is 1. The number of benzene rings is 2. The number of thiophene rings is 1. The van der Waals surface area contributed by atoms with Crippen LogP contribution in [0.1, 0.15) is 41.0 Å². The van der Waals surface area contributed by atoms with Crippen LogP contribution in [0.2, 0.25) is 0 Å². The molecule has 0 saturated heterocycles. The number of aryl methyl sites for hydroxylation is 1. The maximum absolute atomic E-state index is 13.8. The highest BCUT2D eigenvalue weighted by molar-refractivity contribution is 7.13. The average molecular weight is 485 g/mol. The normalized spacial score (nSPS) is 17.3. The van der Waals surface area contributed by atoms with E-state index in [1.54, 1.807) is 20.9 Å². The largest absolute Gasteiger partial charge is 0.350 e. The van der Waals surface area contributed by atoms with Crippen molar-refractivity contribution in [2.75, 3.05) is 0 Å². The zero-order valence-corrected chi connectivity index (χ0v) is 20.7. The summed E-state index contributed by atoms with van der Waals surface area (Å²) in [6, 6.07) is 23.8. The number of hydrogen-bond donors (Lipinski definition) is 1. The van der Waals surface area contributed by atoms with E-state index in [0.29, 0.717) is 18.8 Å². The second-order valence-corrected chi connectivity index (χ2v) is 10.0. The molecular weight excluding hydrogens is 456 g/mol. The Balaban J connectivity index is 1.48. The van der Waals surface area contributed by atoms with E-state index in [1.807, 2.05) is 73.0 Å². The minimum absolute atomic E-state index is 0.191. The number of rotatable bonds is 7. The molecule has 0 aliphatic carbocycles. The first kappa shape index (κ1) is 23.1. The molecule has 2 amide bonds. The van der Waals surface area contributed by atoms with Crippen LogP contribution < -0.4 is 5.32 Å². The average Bonchev–Trinajstić information content (AvgIpc) is 3.56. The van der Waals surface area contributed by atoms with Crippen LogP contribution >= 0.6 is 11.3 Å². The lowest BCUT2D eigenvalue weighted by molar-refractivity contribution is -0.133.